The fourth-order valence-corrected chi connectivity index (χ4v) is 2.86. The summed E-state index contributed by atoms with van der Waals surface area (Å²) in [4.78, 5) is 16.8. The summed E-state index contributed by atoms with van der Waals surface area (Å²) in [6, 6.07) is 10.2. The lowest BCUT2D eigenvalue weighted by Crippen LogP contribution is -2.01. The van der Waals surface area contributed by atoms with Crippen LogP contribution in [0.3, 0.4) is 0 Å². The molecule has 0 saturated carbocycles. The van der Waals surface area contributed by atoms with Gasteiger partial charge in [-0.05, 0) is 29.1 Å². The molecule has 0 aliphatic heterocycles. The molecule has 1 heterocycles. The molecule has 4 nitrogen and oxygen atoms in total. The van der Waals surface area contributed by atoms with Gasteiger partial charge >= 0.3 is 0 Å². The lowest BCUT2D eigenvalue weighted by atomic mass is 10.1. The minimum absolute atomic E-state index is 0.120. The van der Waals surface area contributed by atoms with Crippen LogP contribution >= 0.6 is 11.6 Å². The first-order valence-electron chi connectivity index (χ1n) is 6.12. The number of pyridine rings is 1. The van der Waals surface area contributed by atoms with Gasteiger partial charge in [0.05, 0.1) is 10.5 Å². The highest BCUT2D eigenvalue weighted by atomic mass is 35.5. The maximum absolute atomic E-state index is 12.6. The predicted molar refractivity (Wildman–Crippen MR) is 83.2 cm³/mol. The zero-order valence-electron chi connectivity index (χ0n) is 10.7. The summed E-state index contributed by atoms with van der Waals surface area (Å²) in [5, 5.41) is 1.99. The molecule has 0 aliphatic rings. The van der Waals surface area contributed by atoms with E-state index in [1.807, 2.05) is 0 Å². The fourth-order valence-electron chi connectivity index (χ4n) is 2.25. The average molecular weight is 319 g/mol. The standard InChI is InChI=1S/C15H10ClNO3S/c16-11-6-13-14(17-7-11)4-3-10-2-1-9(8-21(19)20)5-12(10)15(13)18/h1-7H,8H2,(H,19,20)/p-1. The number of halogens is 1. The van der Waals surface area contributed by atoms with Crippen LogP contribution in [-0.2, 0) is 16.8 Å². The number of hydrogen-bond donors (Lipinski definition) is 0. The van der Waals surface area contributed by atoms with Crippen molar-refractivity contribution in [3.05, 3.63) is 63.4 Å². The maximum atomic E-state index is 12.6. The molecule has 0 saturated heterocycles. The van der Waals surface area contributed by atoms with Crippen molar-refractivity contribution in [3.8, 4) is 0 Å². The second-order valence-electron chi connectivity index (χ2n) is 4.62. The van der Waals surface area contributed by atoms with Crippen molar-refractivity contribution in [2.45, 2.75) is 5.75 Å². The molecule has 3 rings (SSSR count). The first kappa shape index (κ1) is 14.1. The second kappa shape index (κ2) is 5.52. The van der Waals surface area contributed by atoms with Gasteiger partial charge in [0.2, 0.25) is 0 Å². The topological polar surface area (TPSA) is 70.1 Å². The Kier molecular flexibility index (Phi) is 3.71. The van der Waals surface area contributed by atoms with Gasteiger partial charge in [-0.1, -0.05) is 40.9 Å². The number of hydrogen-bond acceptors (Lipinski definition) is 4. The van der Waals surface area contributed by atoms with Crippen LogP contribution in [0.1, 0.15) is 5.56 Å². The van der Waals surface area contributed by atoms with E-state index in [9.17, 15) is 13.6 Å². The Morgan fingerprint density at radius 3 is 2.67 bits per heavy atom. The maximum Gasteiger partial charge on any atom is 0.195 e. The minimum Gasteiger partial charge on any atom is -0.772 e. The third kappa shape index (κ3) is 2.81. The van der Waals surface area contributed by atoms with E-state index in [2.05, 4.69) is 4.98 Å². The average Bonchev–Trinajstić information content (AvgIpc) is 2.57. The van der Waals surface area contributed by atoms with Crippen LogP contribution in [0, 0.1) is 0 Å². The van der Waals surface area contributed by atoms with Crippen LogP contribution in [0.2, 0.25) is 5.02 Å². The molecule has 21 heavy (non-hydrogen) atoms. The molecule has 106 valence electrons. The van der Waals surface area contributed by atoms with Crippen LogP contribution < -0.4 is 5.43 Å². The molecule has 0 radical (unpaired) electrons. The van der Waals surface area contributed by atoms with Crippen LogP contribution in [0.4, 0.5) is 0 Å². The highest BCUT2D eigenvalue weighted by Gasteiger charge is 2.05. The fraction of sp³-hybridized carbons (Fsp3) is 0.0667. The highest BCUT2D eigenvalue weighted by Crippen LogP contribution is 2.18. The molecule has 1 aromatic heterocycles. The molecule has 0 spiro atoms. The molecular formula is C15H9ClNO3S-. The molecule has 1 atom stereocenters. The quantitative estimate of drug-likeness (QED) is 0.681. The van der Waals surface area contributed by atoms with Crippen LogP contribution in [0.25, 0.3) is 21.7 Å². The number of fused-ring (bicyclic) bond motifs is 2. The van der Waals surface area contributed by atoms with Gasteiger partial charge in [0, 0.05) is 22.7 Å². The van der Waals surface area contributed by atoms with Crippen molar-refractivity contribution in [2.75, 3.05) is 0 Å². The van der Waals surface area contributed by atoms with E-state index in [-0.39, 0.29) is 11.2 Å². The lowest BCUT2D eigenvalue weighted by molar-refractivity contribution is 0.536. The number of aromatic nitrogens is 1. The predicted octanol–water partition coefficient (Wildman–Crippen LogP) is 2.78. The minimum atomic E-state index is -2.19. The summed E-state index contributed by atoms with van der Waals surface area (Å²) in [6.45, 7) is 0. The van der Waals surface area contributed by atoms with Gasteiger partial charge < -0.3 is 4.55 Å². The Hall–Kier alpha value is -1.82. The second-order valence-corrected chi connectivity index (χ2v) is 5.95. The van der Waals surface area contributed by atoms with Crippen LogP contribution in [-0.4, -0.2) is 13.7 Å². The Labute approximate surface area is 127 Å². The number of rotatable bonds is 2. The van der Waals surface area contributed by atoms with Gasteiger partial charge in [-0.25, -0.2) is 0 Å². The molecule has 0 amide bonds. The van der Waals surface area contributed by atoms with Gasteiger partial charge in [0.25, 0.3) is 0 Å². The SMILES string of the molecule is O=c1c2cc(CS(=O)[O-])ccc2ccc2ncc(Cl)cc12. The third-order valence-electron chi connectivity index (χ3n) is 3.20. The van der Waals surface area contributed by atoms with E-state index in [4.69, 9.17) is 11.6 Å². The first-order valence-corrected chi connectivity index (χ1v) is 7.74. The molecule has 6 heteroatoms. The molecule has 0 bridgehead atoms. The zero-order valence-corrected chi connectivity index (χ0v) is 12.3. The van der Waals surface area contributed by atoms with Crippen LogP contribution in [0.15, 0.2) is 47.4 Å². The molecule has 1 unspecified atom stereocenters. The summed E-state index contributed by atoms with van der Waals surface area (Å²) < 4.78 is 21.6. The Morgan fingerprint density at radius 1 is 1.14 bits per heavy atom. The zero-order chi connectivity index (χ0) is 15.0. The summed E-state index contributed by atoms with van der Waals surface area (Å²) in [5.41, 5.74) is 0.912. The van der Waals surface area contributed by atoms with E-state index in [0.29, 0.717) is 26.9 Å². The summed E-state index contributed by atoms with van der Waals surface area (Å²) >= 11 is 3.71. The van der Waals surface area contributed by atoms with Gasteiger partial charge in [0.15, 0.2) is 5.43 Å². The largest absolute Gasteiger partial charge is 0.772 e. The van der Waals surface area contributed by atoms with E-state index < -0.39 is 11.1 Å². The summed E-state index contributed by atoms with van der Waals surface area (Å²) in [5.74, 6) is -0.120. The smallest absolute Gasteiger partial charge is 0.195 e. The molecule has 3 aromatic rings. The summed E-state index contributed by atoms with van der Waals surface area (Å²) in [6.07, 6.45) is 1.49. The third-order valence-corrected chi connectivity index (χ3v) is 3.97. The van der Waals surface area contributed by atoms with E-state index >= 15 is 0 Å². The first-order chi connectivity index (χ1) is 10.0. The van der Waals surface area contributed by atoms with Crippen molar-refractivity contribution in [3.63, 3.8) is 0 Å². The van der Waals surface area contributed by atoms with Crippen molar-refractivity contribution in [2.24, 2.45) is 0 Å². The highest BCUT2D eigenvalue weighted by molar-refractivity contribution is 7.78. The number of nitrogens with zero attached hydrogens (tertiary/aromatic N) is 1. The summed E-state index contributed by atoms with van der Waals surface area (Å²) in [7, 11) is 0. The van der Waals surface area contributed by atoms with Crippen molar-refractivity contribution in [1.82, 2.24) is 4.98 Å². The van der Waals surface area contributed by atoms with Gasteiger partial charge in [-0.15, -0.1) is 0 Å². The van der Waals surface area contributed by atoms with Gasteiger partial charge in [-0.3, -0.25) is 14.0 Å². The normalized spacial score (nSPS) is 12.7. The molecule has 0 N–H and O–H groups in total. The number of benzene rings is 1. The Morgan fingerprint density at radius 2 is 1.90 bits per heavy atom. The van der Waals surface area contributed by atoms with E-state index in [1.54, 1.807) is 36.4 Å². The lowest BCUT2D eigenvalue weighted by Gasteiger charge is -2.05. The monoisotopic (exact) mass is 318 g/mol. The van der Waals surface area contributed by atoms with Crippen molar-refractivity contribution in [1.29, 1.82) is 0 Å². The molecule has 0 fully saturated rings. The molecule has 2 aromatic carbocycles. The van der Waals surface area contributed by atoms with E-state index in [1.165, 1.54) is 6.20 Å². The van der Waals surface area contributed by atoms with Crippen molar-refractivity contribution >= 4 is 44.4 Å². The van der Waals surface area contributed by atoms with Crippen LogP contribution in [0.5, 0.6) is 0 Å². The molecular weight excluding hydrogens is 310 g/mol. The molecule has 0 aliphatic carbocycles. The Bertz CT molecular complexity index is 943. The Balaban J connectivity index is 2.40. The van der Waals surface area contributed by atoms with Crippen molar-refractivity contribution < 1.29 is 8.76 Å². The van der Waals surface area contributed by atoms with E-state index in [0.717, 1.165) is 5.39 Å². The van der Waals surface area contributed by atoms with Gasteiger partial charge in [0.1, 0.15) is 0 Å². The van der Waals surface area contributed by atoms with Gasteiger partial charge in [-0.2, -0.15) is 0 Å².